The van der Waals surface area contributed by atoms with Gasteiger partial charge in [-0.2, -0.15) is 0 Å². The lowest BCUT2D eigenvalue weighted by molar-refractivity contribution is 0.0990. The summed E-state index contributed by atoms with van der Waals surface area (Å²) in [7, 11) is 0. The third-order valence-electron chi connectivity index (χ3n) is 5.49. The number of carbonyl (C=O) groups excluding carboxylic acids is 2. The Bertz CT molecular complexity index is 1520. The predicted molar refractivity (Wildman–Crippen MR) is 133 cm³/mol. The van der Waals surface area contributed by atoms with E-state index in [1.54, 1.807) is 17.4 Å². The van der Waals surface area contributed by atoms with Gasteiger partial charge in [0.2, 0.25) is 0 Å². The summed E-state index contributed by atoms with van der Waals surface area (Å²) < 4.78 is 1.05. The van der Waals surface area contributed by atoms with E-state index in [1.807, 2.05) is 84.9 Å². The molecule has 1 aliphatic rings. The first-order valence-electron chi connectivity index (χ1n) is 10.1. The summed E-state index contributed by atoms with van der Waals surface area (Å²) in [5.74, 6) is -0.404. The van der Waals surface area contributed by atoms with Crippen LogP contribution in [0, 0.1) is 0 Å². The Kier molecular flexibility index (Phi) is 4.45. The van der Waals surface area contributed by atoms with Crippen molar-refractivity contribution in [1.29, 1.82) is 0 Å². The van der Waals surface area contributed by atoms with E-state index < -0.39 is 0 Å². The van der Waals surface area contributed by atoms with Crippen molar-refractivity contribution in [2.24, 2.45) is 0 Å². The van der Waals surface area contributed by atoms with Crippen molar-refractivity contribution in [2.75, 3.05) is 0 Å². The first-order valence-corrected chi connectivity index (χ1v) is 11.8. The second kappa shape index (κ2) is 7.48. The molecule has 3 aromatic carbocycles. The molecule has 0 fully saturated rings. The van der Waals surface area contributed by atoms with Crippen LogP contribution in [-0.4, -0.2) is 16.6 Å². The lowest BCUT2D eigenvalue weighted by Crippen LogP contribution is -1.99. The van der Waals surface area contributed by atoms with Crippen molar-refractivity contribution in [1.82, 2.24) is 4.98 Å². The normalized spacial score (nSPS) is 13.6. The maximum Gasteiger partial charge on any atom is 0.197 e. The number of thiophene rings is 1. The van der Waals surface area contributed by atoms with E-state index >= 15 is 0 Å². The topological polar surface area (TPSA) is 47.0 Å². The van der Waals surface area contributed by atoms with Gasteiger partial charge in [0.05, 0.1) is 10.3 Å². The monoisotopic (exact) mass is 449 g/mol. The Hall–Kier alpha value is -3.67. The van der Waals surface area contributed by atoms with Gasteiger partial charge in [-0.05, 0) is 46.7 Å². The number of benzene rings is 3. The fourth-order valence-electron chi connectivity index (χ4n) is 3.93. The van der Waals surface area contributed by atoms with Crippen LogP contribution in [0.4, 0.5) is 0 Å². The number of thiazole rings is 1. The highest BCUT2D eigenvalue weighted by Gasteiger charge is 2.33. The minimum Gasteiger partial charge on any atom is -0.288 e. The first-order chi connectivity index (χ1) is 15.7. The number of Topliss-reactive ketones (excluding diaryl/α,β-unsaturated/α-hetero) is 2. The molecule has 32 heavy (non-hydrogen) atoms. The molecule has 0 saturated heterocycles. The minimum absolute atomic E-state index is 0.202. The van der Waals surface area contributed by atoms with Crippen molar-refractivity contribution in [3.63, 3.8) is 0 Å². The van der Waals surface area contributed by atoms with Crippen molar-refractivity contribution in [3.8, 4) is 0 Å². The average Bonchev–Trinajstić information content (AvgIpc) is 3.44. The number of nitrogens with zero attached hydrogens (tertiary/aromatic N) is 1. The van der Waals surface area contributed by atoms with Gasteiger partial charge < -0.3 is 0 Å². The standard InChI is InChI=1S/C27H15NO2S2/c29-25-20-12-17-8-4-5-9-18(17)13-21(20)26(30)22(25)14-19-15-23-27(31-19)28-24(32-23)11-10-16-6-2-1-3-7-16/h1-15H/b11-10+. The molecule has 0 saturated carbocycles. The van der Waals surface area contributed by atoms with E-state index in [0.717, 1.165) is 35.8 Å². The molecule has 5 aromatic rings. The highest BCUT2D eigenvalue weighted by molar-refractivity contribution is 7.27. The van der Waals surface area contributed by atoms with E-state index in [4.69, 9.17) is 0 Å². The second-order valence-electron chi connectivity index (χ2n) is 7.58. The lowest BCUT2D eigenvalue weighted by atomic mass is 10.0. The van der Waals surface area contributed by atoms with Crippen molar-refractivity contribution < 1.29 is 9.59 Å². The number of fused-ring (bicyclic) bond motifs is 3. The molecule has 152 valence electrons. The van der Waals surface area contributed by atoms with Gasteiger partial charge >= 0.3 is 0 Å². The van der Waals surface area contributed by atoms with Gasteiger partial charge in [-0.3, -0.25) is 9.59 Å². The molecule has 1 aliphatic carbocycles. The molecule has 0 radical (unpaired) electrons. The summed E-state index contributed by atoms with van der Waals surface area (Å²) >= 11 is 3.10. The van der Waals surface area contributed by atoms with Crippen molar-refractivity contribution in [3.05, 3.63) is 105 Å². The quantitative estimate of drug-likeness (QED) is 0.217. The van der Waals surface area contributed by atoms with Crippen LogP contribution in [0.2, 0.25) is 0 Å². The average molecular weight is 450 g/mol. The number of hydrogen-bond donors (Lipinski definition) is 0. The number of rotatable bonds is 3. The fraction of sp³-hybridized carbons (Fsp3) is 0. The zero-order chi connectivity index (χ0) is 21.7. The molecular formula is C27H15NO2S2. The summed E-state index contributed by atoms with van der Waals surface area (Å²) in [6, 6.07) is 23.5. The molecule has 0 bridgehead atoms. The lowest BCUT2D eigenvalue weighted by Gasteiger charge is -2.00. The Morgan fingerprint density at radius 3 is 2.03 bits per heavy atom. The van der Waals surface area contributed by atoms with Crippen LogP contribution in [0.3, 0.4) is 0 Å². The van der Waals surface area contributed by atoms with Gasteiger partial charge in [0.1, 0.15) is 9.84 Å². The SMILES string of the molecule is O=C1C(=Cc2cc3sc(/C=C/c4ccccc4)nc3s2)C(=O)c2cc3ccccc3cc21. The first kappa shape index (κ1) is 19.0. The molecule has 3 nitrogen and oxygen atoms in total. The zero-order valence-electron chi connectivity index (χ0n) is 16.7. The Morgan fingerprint density at radius 2 is 1.38 bits per heavy atom. The number of ketones is 2. The molecule has 0 spiro atoms. The van der Waals surface area contributed by atoms with E-state index in [2.05, 4.69) is 4.98 Å². The molecule has 0 amide bonds. The Labute approximate surface area is 192 Å². The van der Waals surface area contributed by atoms with Crippen LogP contribution in [-0.2, 0) is 0 Å². The molecule has 2 aromatic heterocycles. The minimum atomic E-state index is -0.202. The van der Waals surface area contributed by atoms with E-state index in [0.29, 0.717) is 11.1 Å². The van der Waals surface area contributed by atoms with Gasteiger partial charge in [0.15, 0.2) is 11.6 Å². The van der Waals surface area contributed by atoms with Crippen molar-refractivity contribution in [2.45, 2.75) is 0 Å². The van der Waals surface area contributed by atoms with E-state index in [1.165, 1.54) is 11.3 Å². The maximum absolute atomic E-state index is 13.0. The molecule has 5 heteroatoms. The van der Waals surface area contributed by atoms with Crippen LogP contribution < -0.4 is 0 Å². The van der Waals surface area contributed by atoms with E-state index in [-0.39, 0.29) is 17.1 Å². The van der Waals surface area contributed by atoms with Crippen LogP contribution in [0.25, 0.3) is 38.5 Å². The summed E-state index contributed by atoms with van der Waals surface area (Å²) in [6.07, 6.45) is 5.77. The van der Waals surface area contributed by atoms with Crippen LogP contribution in [0.1, 0.15) is 36.2 Å². The highest BCUT2D eigenvalue weighted by Crippen LogP contribution is 2.35. The molecular weight excluding hydrogens is 434 g/mol. The summed E-state index contributed by atoms with van der Waals surface area (Å²) in [4.78, 5) is 32.4. The second-order valence-corrected chi connectivity index (χ2v) is 9.70. The zero-order valence-corrected chi connectivity index (χ0v) is 18.4. The predicted octanol–water partition coefficient (Wildman–Crippen LogP) is 7.14. The molecule has 0 N–H and O–H groups in total. The van der Waals surface area contributed by atoms with Crippen LogP contribution in [0.5, 0.6) is 0 Å². The molecule has 0 atom stereocenters. The fourth-order valence-corrected chi connectivity index (χ4v) is 6.01. The van der Waals surface area contributed by atoms with Gasteiger partial charge in [0, 0.05) is 16.0 Å². The molecule has 2 heterocycles. The van der Waals surface area contributed by atoms with Crippen molar-refractivity contribution >= 4 is 72.8 Å². The third-order valence-corrected chi connectivity index (χ3v) is 7.57. The van der Waals surface area contributed by atoms with Gasteiger partial charge in [-0.1, -0.05) is 60.7 Å². The van der Waals surface area contributed by atoms with Gasteiger partial charge in [-0.15, -0.1) is 22.7 Å². The number of allylic oxidation sites excluding steroid dienone is 1. The van der Waals surface area contributed by atoms with E-state index in [9.17, 15) is 9.59 Å². The molecule has 0 unspecified atom stereocenters. The number of hydrogen-bond acceptors (Lipinski definition) is 5. The Morgan fingerprint density at radius 1 is 0.719 bits per heavy atom. The van der Waals surface area contributed by atoms with Crippen LogP contribution in [0.15, 0.2) is 78.4 Å². The number of carbonyl (C=O) groups is 2. The van der Waals surface area contributed by atoms with Crippen LogP contribution >= 0.6 is 22.7 Å². The largest absolute Gasteiger partial charge is 0.288 e. The van der Waals surface area contributed by atoms with Gasteiger partial charge in [0.25, 0.3) is 0 Å². The Balaban J connectivity index is 1.32. The number of aromatic nitrogens is 1. The van der Waals surface area contributed by atoms with Gasteiger partial charge in [-0.25, -0.2) is 4.98 Å². The highest BCUT2D eigenvalue weighted by atomic mass is 32.1. The summed E-state index contributed by atoms with van der Waals surface area (Å²) in [5, 5.41) is 2.86. The summed E-state index contributed by atoms with van der Waals surface area (Å²) in [6.45, 7) is 0. The molecule has 0 aliphatic heterocycles. The smallest absolute Gasteiger partial charge is 0.197 e. The maximum atomic E-state index is 13.0. The summed E-state index contributed by atoms with van der Waals surface area (Å²) in [5.41, 5.74) is 2.34. The third kappa shape index (κ3) is 3.23. The molecule has 6 rings (SSSR count).